The van der Waals surface area contributed by atoms with E-state index in [1.807, 2.05) is 6.07 Å². The van der Waals surface area contributed by atoms with Gasteiger partial charge in [0.1, 0.15) is 5.82 Å². The Bertz CT molecular complexity index is 503. The maximum atomic E-state index is 13.4. The first-order valence-electron chi connectivity index (χ1n) is 7.25. The largest absolute Gasteiger partial charge is 0.388 e. The van der Waals surface area contributed by atoms with E-state index in [1.165, 1.54) is 12.5 Å². The van der Waals surface area contributed by atoms with Crippen LogP contribution in [0, 0.1) is 22.6 Å². The Kier molecular flexibility index (Phi) is 2.63. The summed E-state index contributed by atoms with van der Waals surface area (Å²) in [7, 11) is 0. The summed E-state index contributed by atoms with van der Waals surface area (Å²) < 4.78 is 13.4. The first kappa shape index (κ1) is 13.1. The number of aliphatic hydroxyl groups is 1. The van der Waals surface area contributed by atoms with E-state index in [4.69, 9.17) is 0 Å². The second-order valence-electron chi connectivity index (χ2n) is 7.39. The van der Waals surface area contributed by atoms with E-state index in [-0.39, 0.29) is 16.6 Å². The second kappa shape index (κ2) is 3.82. The minimum Gasteiger partial charge on any atom is -0.388 e. The average molecular weight is 262 g/mol. The molecule has 3 atom stereocenters. The lowest BCUT2D eigenvalue weighted by Crippen LogP contribution is -2.55. The molecular weight excluding hydrogens is 239 g/mol. The maximum Gasteiger partial charge on any atom is 0.123 e. The van der Waals surface area contributed by atoms with Crippen molar-refractivity contribution in [1.29, 1.82) is 0 Å². The quantitative estimate of drug-likeness (QED) is 0.855. The predicted octanol–water partition coefficient (Wildman–Crippen LogP) is 3.95. The highest BCUT2D eigenvalue weighted by molar-refractivity contribution is 5.26. The fourth-order valence-corrected chi connectivity index (χ4v) is 4.73. The van der Waals surface area contributed by atoms with Gasteiger partial charge in [-0.2, -0.15) is 0 Å². The first-order chi connectivity index (χ1) is 8.78. The molecule has 0 aromatic heterocycles. The van der Waals surface area contributed by atoms with Gasteiger partial charge in [-0.1, -0.05) is 32.9 Å². The summed E-state index contributed by atoms with van der Waals surface area (Å²) in [5, 5.41) is 11.4. The van der Waals surface area contributed by atoms with Gasteiger partial charge in [0.25, 0.3) is 0 Å². The Morgan fingerprint density at radius 1 is 1.32 bits per heavy atom. The van der Waals surface area contributed by atoms with Gasteiger partial charge in [0, 0.05) is 6.42 Å². The van der Waals surface area contributed by atoms with E-state index in [1.54, 1.807) is 12.1 Å². The van der Waals surface area contributed by atoms with E-state index in [2.05, 4.69) is 20.8 Å². The minimum absolute atomic E-state index is 0.0204. The van der Waals surface area contributed by atoms with Gasteiger partial charge in [-0.05, 0) is 53.7 Å². The second-order valence-corrected chi connectivity index (χ2v) is 7.39. The SMILES string of the molecule is CC12CCC(C1)C(C)(C)C2(O)Cc1cccc(F)c1. The molecule has 0 aliphatic heterocycles. The van der Waals surface area contributed by atoms with Crippen molar-refractivity contribution in [3.8, 4) is 0 Å². The lowest BCUT2D eigenvalue weighted by Gasteiger charge is -2.51. The first-order valence-corrected chi connectivity index (χ1v) is 7.25. The van der Waals surface area contributed by atoms with Crippen molar-refractivity contribution in [2.45, 2.75) is 52.1 Å². The van der Waals surface area contributed by atoms with Crippen LogP contribution in [-0.2, 0) is 6.42 Å². The number of hydrogen-bond acceptors (Lipinski definition) is 1. The van der Waals surface area contributed by atoms with Crippen molar-refractivity contribution in [3.05, 3.63) is 35.6 Å². The molecule has 1 aromatic carbocycles. The van der Waals surface area contributed by atoms with Crippen LogP contribution < -0.4 is 0 Å². The molecule has 19 heavy (non-hydrogen) atoms. The van der Waals surface area contributed by atoms with Gasteiger partial charge in [0.05, 0.1) is 5.60 Å². The molecule has 1 nitrogen and oxygen atoms in total. The van der Waals surface area contributed by atoms with Crippen molar-refractivity contribution < 1.29 is 9.50 Å². The summed E-state index contributed by atoms with van der Waals surface area (Å²) >= 11 is 0. The average Bonchev–Trinajstić information content (AvgIpc) is 2.78. The van der Waals surface area contributed by atoms with Crippen molar-refractivity contribution >= 4 is 0 Å². The van der Waals surface area contributed by atoms with Crippen LogP contribution in [0.2, 0.25) is 0 Å². The standard InChI is InChI=1S/C17H23FO/c1-15(2)13-7-8-16(3,11-13)17(15,19)10-12-5-4-6-14(18)9-12/h4-6,9,13,19H,7-8,10-11H2,1-3H3. The number of hydrogen-bond donors (Lipinski definition) is 1. The zero-order chi connectivity index (χ0) is 13.9. The van der Waals surface area contributed by atoms with E-state index in [0.29, 0.717) is 12.3 Å². The van der Waals surface area contributed by atoms with Crippen LogP contribution >= 0.6 is 0 Å². The van der Waals surface area contributed by atoms with E-state index in [9.17, 15) is 9.50 Å². The molecule has 0 heterocycles. The molecule has 2 aliphatic carbocycles. The normalized spacial score (nSPS) is 39.7. The van der Waals surface area contributed by atoms with E-state index >= 15 is 0 Å². The Hall–Kier alpha value is -0.890. The smallest absolute Gasteiger partial charge is 0.123 e. The van der Waals surface area contributed by atoms with E-state index < -0.39 is 5.60 Å². The molecule has 2 heteroatoms. The molecule has 0 spiro atoms. The van der Waals surface area contributed by atoms with Gasteiger partial charge in [0.2, 0.25) is 0 Å². The van der Waals surface area contributed by atoms with Crippen molar-refractivity contribution in [3.63, 3.8) is 0 Å². The van der Waals surface area contributed by atoms with Crippen LogP contribution in [0.15, 0.2) is 24.3 Å². The van der Waals surface area contributed by atoms with Crippen molar-refractivity contribution in [2.75, 3.05) is 0 Å². The maximum absolute atomic E-state index is 13.4. The van der Waals surface area contributed by atoms with Crippen LogP contribution in [0.25, 0.3) is 0 Å². The topological polar surface area (TPSA) is 20.2 Å². The fourth-order valence-electron chi connectivity index (χ4n) is 4.73. The molecule has 3 unspecified atom stereocenters. The third-order valence-electron chi connectivity index (χ3n) is 6.18. The molecule has 2 fully saturated rings. The van der Waals surface area contributed by atoms with Gasteiger partial charge in [-0.3, -0.25) is 0 Å². The van der Waals surface area contributed by atoms with Gasteiger partial charge < -0.3 is 5.11 Å². The highest BCUT2D eigenvalue weighted by Gasteiger charge is 2.67. The zero-order valence-corrected chi connectivity index (χ0v) is 12.0. The summed E-state index contributed by atoms with van der Waals surface area (Å²) in [6.45, 7) is 6.57. The van der Waals surface area contributed by atoms with Crippen LogP contribution in [0.5, 0.6) is 0 Å². The zero-order valence-electron chi connectivity index (χ0n) is 12.0. The molecule has 1 aromatic rings. The summed E-state index contributed by atoms with van der Waals surface area (Å²) in [5.41, 5.74) is 0.0700. The lowest BCUT2D eigenvalue weighted by atomic mass is 9.58. The van der Waals surface area contributed by atoms with Gasteiger partial charge in [0.15, 0.2) is 0 Å². The lowest BCUT2D eigenvalue weighted by molar-refractivity contribution is -0.141. The monoisotopic (exact) mass is 262 g/mol. The molecule has 0 amide bonds. The van der Waals surface area contributed by atoms with Gasteiger partial charge >= 0.3 is 0 Å². The molecule has 3 rings (SSSR count). The summed E-state index contributed by atoms with van der Waals surface area (Å²) in [5.74, 6) is 0.378. The summed E-state index contributed by atoms with van der Waals surface area (Å²) in [6, 6.07) is 6.67. The van der Waals surface area contributed by atoms with Crippen LogP contribution in [0.1, 0.15) is 45.6 Å². The Morgan fingerprint density at radius 2 is 2.05 bits per heavy atom. The Balaban J connectivity index is 1.98. The Labute approximate surface area is 114 Å². The van der Waals surface area contributed by atoms with Gasteiger partial charge in [-0.15, -0.1) is 0 Å². The van der Waals surface area contributed by atoms with Crippen molar-refractivity contribution in [1.82, 2.24) is 0 Å². The third kappa shape index (κ3) is 1.62. The number of halogens is 1. The van der Waals surface area contributed by atoms with Crippen LogP contribution in [-0.4, -0.2) is 10.7 Å². The Morgan fingerprint density at radius 3 is 2.63 bits per heavy atom. The van der Waals surface area contributed by atoms with Crippen LogP contribution in [0.4, 0.5) is 4.39 Å². The highest BCUT2D eigenvalue weighted by atomic mass is 19.1. The van der Waals surface area contributed by atoms with Crippen LogP contribution in [0.3, 0.4) is 0 Å². The highest BCUT2D eigenvalue weighted by Crippen LogP contribution is 2.68. The minimum atomic E-state index is -0.725. The summed E-state index contributed by atoms with van der Waals surface area (Å²) in [6.07, 6.45) is 3.97. The predicted molar refractivity (Wildman–Crippen MR) is 74.3 cm³/mol. The number of fused-ring (bicyclic) bond motifs is 2. The fraction of sp³-hybridized carbons (Fsp3) is 0.647. The molecule has 2 saturated carbocycles. The molecular formula is C17H23FO. The molecule has 0 saturated heterocycles. The molecule has 1 N–H and O–H groups in total. The van der Waals surface area contributed by atoms with Gasteiger partial charge in [-0.25, -0.2) is 4.39 Å². The molecule has 104 valence electrons. The summed E-state index contributed by atoms with van der Waals surface area (Å²) in [4.78, 5) is 0. The van der Waals surface area contributed by atoms with E-state index in [0.717, 1.165) is 18.4 Å². The third-order valence-corrected chi connectivity index (χ3v) is 6.18. The number of benzene rings is 1. The number of rotatable bonds is 2. The molecule has 2 aliphatic rings. The van der Waals surface area contributed by atoms with Crippen molar-refractivity contribution in [2.24, 2.45) is 16.7 Å². The molecule has 0 radical (unpaired) electrons. The molecule has 2 bridgehead atoms.